The van der Waals surface area contributed by atoms with Crippen LogP contribution in [0.5, 0.6) is 0 Å². The number of likely N-dealkylation sites (tertiary alicyclic amines) is 1. The molecule has 5 heteroatoms. The molecule has 1 atom stereocenters. The lowest BCUT2D eigenvalue weighted by atomic mass is 9.98. The van der Waals surface area contributed by atoms with Crippen molar-refractivity contribution in [2.45, 2.75) is 26.3 Å². The van der Waals surface area contributed by atoms with E-state index >= 15 is 0 Å². The third-order valence-corrected chi connectivity index (χ3v) is 3.76. The molecule has 1 unspecified atom stereocenters. The van der Waals surface area contributed by atoms with Gasteiger partial charge in [0, 0.05) is 25.8 Å². The smallest absolute Gasteiger partial charge is 0.267 e. The van der Waals surface area contributed by atoms with Crippen molar-refractivity contribution in [3.63, 3.8) is 0 Å². The van der Waals surface area contributed by atoms with Gasteiger partial charge in [0.05, 0.1) is 5.69 Å². The number of aryl methyl sites for hydroxylation is 1. The van der Waals surface area contributed by atoms with Gasteiger partial charge in [-0.05, 0) is 45.3 Å². The number of piperidine rings is 1. The van der Waals surface area contributed by atoms with E-state index in [0.717, 1.165) is 19.6 Å². The fourth-order valence-corrected chi connectivity index (χ4v) is 2.75. The molecule has 0 saturated carbocycles. The van der Waals surface area contributed by atoms with Gasteiger partial charge >= 0.3 is 0 Å². The molecule has 0 radical (unpaired) electrons. The van der Waals surface area contributed by atoms with Crippen LogP contribution in [0.2, 0.25) is 0 Å². The van der Waals surface area contributed by atoms with Gasteiger partial charge in [0.15, 0.2) is 0 Å². The number of rotatable bonds is 4. The second-order valence-electron chi connectivity index (χ2n) is 5.43. The Kier molecular flexibility index (Phi) is 4.47. The highest BCUT2D eigenvalue weighted by atomic mass is 16.1. The predicted molar refractivity (Wildman–Crippen MR) is 77.1 cm³/mol. The lowest BCUT2D eigenvalue weighted by Gasteiger charge is -2.29. The van der Waals surface area contributed by atoms with E-state index in [1.54, 1.807) is 6.07 Å². The average Bonchev–Trinajstić information content (AvgIpc) is 2.77. The Bertz CT molecular complexity index is 441. The quantitative estimate of drug-likeness (QED) is 0.858. The van der Waals surface area contributed by atoms with E-state index in [1.807, 2.05) is 17.7 Å². The van der Waals surface area contributed by atoms with Crippen LogP contribution < -0.4 is 11.1 Å². The maximum absolute atomic E-state index is 12.2. The molecule has 0 aromatic carbocycles. The summed E-state index contributed by atoms with van der Waals surface area (Å²) in [6, 6.07) is 1.74. The fraction of sp³-hybridized carbons (Fsp3) is 0.643. The topological polar surface area (TPSA) is 63.3 Å². The first kappa shape index (κ1) is 13.9. The molecule has 1 saturated heterocycles. The first-order valence-electron chi connectivity index (χ1n) is 7.02. The monoisotopic (exact) mass is 264 g/mol. The van der Waals surface area contributed by atoms with Crippen LogP contribution in [0.1, 0.15) is 30.3 Å². The Morgan fingerprint density at radius 3 is 3.05 bits per heavy atom. The van der Waals surface area contributed by atoms with E-state index in [-0.39, 0.29) is 5.91 Å². The Hall–Kier alpha value is -1.49. The third-order valence-electron chi connectivity index (χ3n) is 3.76. The molecule has 1 fully saturated rings. The van der Waals surface area contributed by atoms with Gasteiger partial charge in [0.1, 0.15) is 5.69 Å². The molecule has 0 spiro atoms. The van der Waals surface area contributed by atoms with Crippen LogP contribution >= 0.6 is 0 Å². The van der Waals surface area contributed by atoms with Crippen molar-refractivity contribution in [2.24, 2.45) is 5.92 Å². The lowest BCUT2D eigenvalue weighted by Crippen LogP contribution is -2.39. The SMILES string of the molecule is CCn1cc(N)cc1C(=O)NCC1CCCN(C)C1. The molecule has 1 aromatic heterocycles. The van der Waals surface area contributed by atoms with Crippen LogP contribution in [-0.4, -0.2) is 42.1 Å². The first-order chi connectivity index (χ1) is 9.10. The number of nitrogen functional groups attached to an aromatic ring is 1. The van der Waals surface area contributed by atoms with Crippen molar-refractivity contribution >= 4 is 11.6 Å². The number of nitrogens with two attached hydrogens (primary N) is 1. The summed E-state index contributed by atoms with van der Waals surface area (Å²) in [6.45, 7) is 5.74. The zero-order valence-electron chi connectivity index (χ0n) is 11.9. The summed E-state index contributed by atoms with van der Waals surface area (Å²) in [7, 11) is 2.14. The Balaban J connectivity index is 1.90. The molecule has 1 aliphatic heterocycles. The normalized spacial score (nSPS) is 20.4. The molecule has 2 rings (SSSR count). The highest BCUT2D eigenvalue weighted by Gasteiger charge is 2.19. The number of aromatic nitrogens is 1. The second kappa shape index (κ2) is 6.10. The second-order valence-corrected chi connectivity index (χ2v) is 5.43. The fourth-order valence-electron chi connectivity index (χ4n) is 2.75. The zero-order valence-corrected chi connectivity index (χ0v) is 11.9. The van der Waals surface area contributed by atoms with Gasteiger partial charge in [0.2, 0.25) is 0 Å². The molecule has 0 bridgehead atoms. The highest BCUT2D eigenvalue weighted by Crippen LogP contribution is 2.15. The Labute approximate surface area is 114 Å². The van der Waals surface area contributed by atoms with Crippen LogP contribution in [-0.2, 0) is 6.54 Å². The predicted octanol–water partition coefficient (Wildman–Crippen LogP) is 1.16. The van der Waals surface area contributed by atoms with E-state index < -0.39 is 0 Å². The summed E-state index contributed by atoms with van der Waals surface area (Å²) in [6.07, 6.45) is 4.22. The van der Waals surface area contributed by atoms with Gasteiger partial charge in [-0.15, -0.1) is 0 Å². The standard InChI is InChI=1S/C14H24N4O/c1-3-18-10-12(15)7-13(18)14(19)16-8-11-5-4-6-17(2)9-11/h7,10-11H,3-6,8-9,15H2,1-2H3,(H,16,19). The number of amides is 1. The van der Waals surface area contributed by atoms with Crippen molar-refractivity contribution in [2.75, 3.05) is 32.4 Å². The van der Waals surface area contributed by atoms with Crippen molar-refractivity contribution < 1.29 is 4.79 Å². The van der Waals surface area contributed by atoms with Gasteiger partial charge in [-0.3, -0.25) is 4.79 Å². The summed E-state index contributed by atoms with van der Waals surface area (Å²) < 4.78 is 1.89. The Morgan fingerprint density at radius 2 is 2.37 bits per heavy atom. The van der Waals surface area contributed by atoms with E-state index in [2.05, 4.69) is 17.3 Å². The maximum Gasteiger partial charge on any atom is 0.267 e. The third kappa shape index (κ3) is 3.50. The van der Waals surface area contributed by atoms with Crippen LogP contribution in [0.3, 0.4) is 0 Å². The van der Waals surface area contributed by atoms with Crippen molar-refractivity contribution in [1.29, 1.82) is 0 Å². The Morgan fingerprint density at radius 1 is 1.58 bits per heavy atom. The molecular formula is C14H24N4O. The number of anilines is 1. The van der Waals surface area contributed by atoms with Crippen molar-refractivity contribution in [3.8, 4) is 0 Å². The van der Waals surface area contributed by atoms with Crippen molar-refractivity contribution in [3.05, 3.63) is 18.0 Å². The molecular weight excluding hydrogens is 240 g/mol. The minimum absolute atomic E-state index is 0.0215. The number of nitrogens with one attached hydrogen (secondary N) is 1. The first-order valence-corrected chi connectivity index (χ1v) is 7.02. The van der Waals surface area contributed by atoms with E-state index in [4.69, 9.17) is 5.73 Å². The van der Waals surface area contributed by atoms with E-state index in [1.165, 1.54) is 19.4 Å². The molecule has 19 heavy (non-hydrogen) atoms. The van der Waals surface area contributed by atoms with E-state index in [9.17, 15) is 4.79 Å². The van der Waals surface area contributed by atoms with Crippen LogP contribution in [0, 0.1) is 5.92 Å². The van der Waals surface area contributed by atoms with Gasteiger partial charge < -0.3 is 20.5 Å². The summed E-state index contributed by atoms with van der Waals surface area (Å²) >= 11 is 0. The summed E-state index contributed by atoms with van der Waals surface area (Å²) in [5.41, 5.74) is 7.04. The molecule has 1 amide bonds. The highest BCUT2D eigenvalue weighted by molar-refractivity contribution is 5.93. The molecule has 106 valence electrons. The molecule has 3 N–H and O–H groups in total. The van der Waals surface area contributed by atoms with Gasteiger partial charge in [-0.1, -0.05) is 0 Å². The number of carbonyl (C=O) groups is 1. The summed E-state index contributed by atoms with van der Waals surface area (Å²) in [5.74, 6) is 0.539. The zero-order chi connectivity index (χ0) is 13.8. The number of nitrogens with zero attached hydrogens (tertiary/aromatic N) is 2. The van der Waals surface area contributed by atoms with Gasteiger partial charge in [-0.25, -0.2) is 0 Å². The van der Waals surface area contributed by atoms with Crippen LogP contribution in [0.25, 0.3) is 0 Å². The molecule has 0 aliphatic carbocycles. The largest absolute Gasteiger partial charge is 0.397 e. The minimum atomic E-state index is -0.0215. The summed E-state index contributed by atoms with van der Waals surface area (Å²) in [4.78, 5) is 14.5. The van der Waals surface area contributed by atoms with Gasteiger partial charge in [-0.2, -0.15) is 0 Å². The maximum atomic E-state index is 12.2. The molecule has 1 aromatic rings. The summed E-state index contributed by atoms with van der Waals surface area (Å²) in [5, 5.41) is 3.04. The van der Waals surface area contributed by atoms with E-state index in [0.29, 0.717) is 17.3 Å². The molecule has 1 aliphatic rings. The van der Waals surface area contributed by atoms with Crippen LogP contribution in [0.4, 0.5) is 5.69 Å². The van der Waals surface area contributed by atoms with Crippen LogP contribution in [0.15, 0.2) is 12.3 Å². The molecule has 5 nitrogen and oxygen atoms in total. The minimum Gasteiger partial charge on any atom is -0.397 e. The van der Waals surface area contributed by atoms with Gasteiger partial charge in [0.25, 0.3) is 5.91 Å². The molecule has 2 heterocycles. The number of hydrogen-bond acceptors (Lipinski definition) is 3. The number of hydrogen-bond donors (Lipinski definition) is 2. The lowest BCUT2D eigenvalue weighted by molar-refractivity contribution is 0.0927. The average molecular weight is 264 g/mol. The van der Waals surface area contributed by atoms with Crippen molar-refractivity contribution in [1.82, 2.24) is 14.8 Å². The number of carbonyl (C=O) groups excluding carboxylic acids is 1.